The van der Waals surface area contributed by atoms with Gasteiger partial charge in [-0.25, -0.2) is 13.6 Å². The van der Waals surface area contributed by atoms with Gasteiger partial charge in [-0.2, -0.15) is 17.0 Å². The van der Waals surface area contributed by atoms with Crippen molar-refractivity contribution in [3.8, 4) is 0 Å². The lowest BCUT2D eigenvalue weighted by Gasteiger charge is -2.37. The van der Waals surface area contributed by atoms with Gasteiger partial charge in [0.15, 0.2) is 0 Å². The van der Waals surface area contributed by atoms with Gasteiger partial charge in [-0.05, 0) is 42.9 Å². The fourth-order valence-electron chi connectivity index (χ4n) is 3.32. The van der Waals surface area contributed by atoms with E-state index in [0.717, 1.165) is 6.42 Å². The van der Waals surface area contributed by atoms with Crippen LogP contribution in [0.2, 0.25) is 0 Å². The summed E-state index contributed by atoms with van der Waals surface area (Å²) in [5, 5.41) is 5.09. The molecule has 1 aliphatic heterocycles. The van der Waals surface area contributed by atoms with Crippen molar-refractivity contribution in [1.29, 1.82) is 0 Å². The molecule has 0 bridgehead atoms. The summed E-state index contributed by atoms with van der Waals surface area (Å²) in [6.07, 6.45) is 1.03. The van der Waals surface area contributed by atoms with Crippen LogP contribution in [0.3, 0.4) is 0 Å². The number of nitrogens with two attached hydrogens (primary N) is 1. The molecule has 7 nitrogen and oxygen atoms in total. The summed E-state index contributed by atoms with van der Waals surface area (Å²) < 4.78 is 51.5. The Bertz CT molecular complexity index is 796. The lowest BCUT2D eigenvalue weighted by molar-refractivity contribution is 0.207. The summed E-state index contributed by atoms with van der Waals surface area (Å²) in [6.45, 7) is 6.95. The number of rotatable bonds is 5. The van der Waals surface area contributed by atoms with E-state index in [1.165, 1.54) is 16.4 Å². The SMILES string of the molecule is CC1CC(C)CN(S(=O)(=O)N(C)C(C)c2ccc(S(N)(=O)=O)cc2)C1. The second-order valence-corrected chi connectivity index (χ2v) is 10.6. The molecule has 0 saturated carbocycles. The van der Waals surface area contributed by atoms with E-state index in [1.54, 1.807) is 30.4 Å². The van der Waals surface area contributed by atoms with Crippen LogP contribution >= 0.6 is 0 Å². The fraction of sp³-hybridized carbons (Fsp3) is 0.625. The maximum Gasteiger partial charge on any atom is 0.282 e. The minimum absolute atomic E-state index is 0.00707. The van der Waals surface area contributed by atoms with E-state index in [0.29, 0.717) is 30.5 Å². The lowest BCUT2D eigenvalue weighted by atomic mass is 9.94. The number of primary sulfonamides is 1. The molecule has 9 heteroatoms. The van der Waals surface area contributed by atoms with E-state index >= 15 is 0 Å². The largest absolute Gasteiger partial charge is 0.282 e. The molecule has 3 unspecified atom stereocenters. The standard InChI is InChI=1S/C16H27N3O4S2/c1-12-9-13(2)11-19(10-12)25(22,23)18(4)14(3)15-5-7-16(8-6-15)24(17,20)21/h5-8,12-14H,9-11H2,1-4H3,(H2,17,20,21). The van der Waals surface area contributed by atoms with Crippen LogP contribution in [0.5, 0.6) is 0 Å². The molecule has 0 aliphatic carbocycles. The summed E-state index contributed by atoms with van der Waals surface area (Å²) in [5.74, 6) is 0.660. The highest BCUT2D eigenvalue weighted by Crippen LogP contribution is 2.28. The van der Waals surface area contributed by atoms with Crippen LogP contribution < -0.4 is 5.14 Å². The number of nitrogens with zero attached hydrogens (tertiary/aromatic N) is 2. The fourth-order valence-corrected chi connectivity index (χ4v) is 5.61. The molecule has 2 N–H and O–H groups in total. The van der Waals surface area contributed by atoms with Crippen LogP contribution in [-0.2, 0) is 20.2 Å². The van der Waals surface area contributed by atoms with Gasteiger partial charge in [0, 0.05) is 26.2 Å². The van der Waals surface area contributed by atoms with Crippen molar-refractivity contribution in [1.82, 2.24) is 8.61 Å². The van der Waals surface area contributed by atoms with Crippen LogP contribution in [0.25, 0.3) is 0 Å². The third-order valence-corrected chi connectivity index (χ3v) is 7.69. The molecular formula is C16H27N3O4S2. The zero-order valence-corrected chi connectivity index (χ0v) is 16.7. The Labute approximate surface area is 151 Å². The van der Waals surface area contributed by atoms with Gasteiger partial charge in [0.2, 0.25) is 10.0 Å². The Kier molecular flexibility index (Phi) is 5.95. The van der Waals surface area contributed by atoms with E-state index in [1.807, 2.05) is 0 Å². The molecule has 2 rings (SSSR count). The van der Waals surface area contributed by atoms with E-state index in [2.05, 4.69) is 13.8 Å². The van der Waals surface area contributed by atoms with E-state index in [9.17, 15) is 16.8 Å². The van der Waals surface area contributed by atoms with Crippen molar-refractivity contribution in [3.05, 3.63) is 29.8 Å². The summed E-state index contributed by atoms with van der Waals surface area (Å²) in [6, 6.07) is 5.56. The molecule has 1 heterocycles. The van der Waals surface area contributed by atoms with Crippen LogP contribution in [0, 0.1) is 11.8 Å². The van der Waals surface area contributed by atoms with Crippen molar-refractivity contribution in [3.63, 3.8) is 0 Å². The predicted molar refractivity (Wildman–Crippen MR) is 97.4 cm³/mol. The molecular weight excluding hydrogens is 362 g/mol. The normalized spacial score (nSPS) is 24.4. The highest BCUT2D eigenvalue weighted by molar-refractivity contribution is 7.89. The second-order valence-electron chi connectivity index (χ2n) is 7.08. The number of hydrogen-bond acceptors (Lipinski definition) is 4. The predicted octanol–water partition coefficient (Wildman–Crippen LogP) is 1.55. The molecule has 0 spiro atoms. The summed E-state index contributed by atoms with van der Waals surface area (Å²) >= 11 is 0. The average molecular weight is 390 g/mol. The molecule has 1 aliphatic rings. The Hall–Kier alpha value is -1.00. The molecule has 142 valence electrons. The van der Waals surface area contributed by atoms with Crippen LogP contribution in [0.15, 0.2) is 29.2 Å². The van der Waals surface area contributed by atoms with Crippen molar-refractivity contribution >= 4 is 20.2 Å². The van der Waals surface area contributed by atoms with Crippen molar-refractivity contribution < 1.29 is 16.8 Å². The van der Waals surface area contributed by atoms with Crippen molar-refractivity contribution in [2.24, 2.45) is 17.0 Å². The van der Waals surface area contributed by atoms with Gasteiger partial charge < -0.3 is 0 Å². The first-order valence-corrected chi connectivity index (χ1v) is 11.2. The Morgan fingerprint density at radius 3 is 2.00 bits per heavy atom. The lowest BCUT2D eigenvalue weighted by Crippen LogP contribution is -2.48. The van der Waals surface area contributed by atoms with Crippen LogP contribution in [0.4, 0.5) is 0 Å². The summed E-state index contributed by atoms with van der Waals surface area (Å²) in [4.78, 5) is 0.00707. The molecule has 0 amide bonds. The van der Waals surface area contributed by atoms with Gasteiger partial charge in [-0.1, -0.05) is 26.0 Å². The highest BCUT2D eigenvalue weighted by Gasteiger charge is 2.35. The van der Waals surface area contributed by atoms with Crippen molar-refractivity contribution in [2.75, 3.05) is 20.1 Å². The Morgan fingerprint density at radius 1 is 1.08 bits per heavy atom. The summed E-state index contributed by atoms with van der Waals surface area (Å²) in [7, 11) is -5.80. The minimum Gasteiger partial charge on any atom is -0.225 e. The van der Waals surface area contributed by atoms with Crippen LogP contribution in [-0.4, -0.2) is 45.6 Å². The monoisotopic (exact) mass is 389 g/mol. The van der Waals surface area contributed by atoms with Gasteiger partial charge in [0.05, 0.1) is 4.90 Å². The van der Waals surface area contributed by atoms with Gasteiger partial charge in [-0.3, -0.25) is 0 Å². The third-order valence-electron chi connectivity index (χ3n) is 4.76. The van der Waals surface area contributed by atoms with Gasteiger partial charge in [-0.15, -0.1) is 0 Å². The zero-order chi connectivity index (χ0) is 19.0. The molecule has 0 radical (unpaired) electrons. The topological polar surface area (TPSA) is 101 Å². The first-order valence-electron chi connectivity index (χ1n) is 8.28. The quantitative estimate of drug-likeness (QED) is 0.825. The number of hydrogen-bond donors (Lipinski definition) is 1. The minimum atomic E-state index is -3.76. The van der Waals surface area contributed by atoms with Gasteiger partial charge >= 0.3 is 0 Å². The second kappa shape index (κ2) is 7.32. The molecule has 1 fully saturated rings. The van der Waals surface area contributed by atoms with Gasteiger partial charge in [0.25, 0.3) is 10.2 Å². The summed E-state index contributed by atoms with van der Waals surface area (Å²) in [5.41, 5.74) is 0.705. The maximum absolute atomic E-state index is 13.0. The van der Waals surface area contributed by atoms with E-state index in [4.69, 9.17) is 5.14 Å². The Balaban J connectivity index is 2.22. The number of sulfonamides is 1. The van der Waals surface area contributed by atoms with Gasteiger partial charge in [0.1, 0.15) is 0 Å². The van der Waals surface area contributed by atoms with Crippen LogP contribution in [0.1, 0.15) is 38.8 Å². The van der Waals surface area contributed by atoms with E-state index in [-0.39, 0.29) is 4.90 Å². The number of benzene rings is 1. The first-order chi connectivity index (χ1) is 11.4. The third kappa shape index (κ3) is 4.59. The highest BCUT2D eigenvalue weighted by atomic mass is 32.2. The van der Waals surface area contributed by atoms with E-state index < -0.39 is 26.3 Å². The molecule has 3 atom stereocenters. The Morgan fingerprint density at radius 2 is 1.56 bits per heavy atom. The smallest absolute Gasteiger partial charge is 0.225 e. The number of piperidine rings is 1. The average Bonchev–Trinajstić information content (AvgIpc) is 2.51. The molecule has 25 heavy (non-hydrogen) atoms. The maximum atomic E-state index is 13.0. The molecule has 1 aromatic rings. The molecule has 1 aromatic carbocycles. The first kappa shape index (κ1) is 20.3. The zero-order valence-electron chi connectivity index (χ0n) is 15.1. The van der Waals surface area contributed by atoms with Crippen molar-refractivity contribution in [2.45, 2.75) is 38.1 Å². The molecule has 0 aromatic heterocycles. The molecule has 1 saturated heterocycles.